The number of piperidine rings is 1. The standard InChI is InChI=1S/C25H26FN3O16/c26-12-9(5-28-1-3-44-4-2-28)13(30)16(33)14(31)10(12)7-45-19-8-6-29(20(36)11(8)15(32)17(34)18(19)35)23(39)21(37)27-22(38)24(40,41)25(23,42)43/h30-35,39-43H,1-7H2,(H,27,37,38). The Morgan fingerprint density at radius 3 is 2.00 bits per heavy atom. The lowest BCUT2D eigenvalue weighted by molar-refractivity contribution is -0.407. The number of aromatic hydroxyl groups is 6. The molecule has 3 aliphatic heterocycles. The second kappa shape index (κ2) is 10.4. The van der Waals surface area contributed by atoms with E-state index in [9.17, 15) is 70.6 Å². The fourth-order valence-corrected chi connectivity index (χ4v) is 5.24. The van der Waals surface area contributed by atoms with Gasteiger partial charge in [0.1, 0.15) is 12.4 Å². The molecule has 0 bridgehead atoms. The summed E-state index contributed by atoms with van der Waals surface area (Å²) >= 11 is 0. The van der Waals surface area contributed by atoms with Crippen molar-refractivity contribution in [2.24, 2.45) is 0 Å². The summed E-state index contributed by atoms with van der Waals surface area (Å²) in [5.41, 5.74) is -7.10. The number of aliphatic hydroxyl groups is 5. The molecule has 0 saturated carbocycles. The molecule has 19 nitrogen and oxygen atoms in total. The van der Waals surface area contributed by atoms with Crippen molar-refractivity contribution < 1.29 is 84.4 Å². The van der Waals surface area contributed by atoms with Crippen LogP contribution in [0.5, 0.6) is 40.2 Å². The van der Waals surface area contributed by atoms with Gasteiger partial charge in [-0.25, -0.2) is 4.39 Å². The first-order valence-electron chi connectivity index (χ1n) is 12.9. The van der Waals surface area contributed by atoms with Crippen LogP contribution in [0.2, 0.25) is 0 Å². The summed E-state index contributed by atoms with van der Waals surface area (Å²) in [7, 11) is 0. The second-order valence-corrected chi connectivity index (χ2v) is 10.4. The van der Waals surface area contributed by atoms with Gasteiger partial charge in [0.2, 0.25) is 17.2 Å². The number of hydrogen-bond acceptors (Lipinski definition) is 17. The Kier molecular flexibility index (Phi) is 7.36. The van der Waals surface area contributed by atoms with Gasteiger partial charge in [0, 0.05) is 30.8 Å². The van der Waals surface area contributed by atoms with Crippen LogP contribution in [0.25, 0.3) is 0 Å². The Bertz CT molecular complexity index is 1640. The highest BCUT2D eigenvalue weighted by Gasteiger charge is 2.76. The SMILES string of the molecule is O=C1c2c(O)c(O)c(O)c(OCc3c(O)c(O)c(O)c(CN4CCOCC4)c3F)c2CN1C1(O)C(=O)NC(=O)C(O)(O)C1(O)O. The van der Waals surface area contributed by atoms with E-state index in [4.69, 9.17) is 9.47 Å². The molecule has 3 heterocycles. The van der Waals surface area contributed by atoms with E-state index in [2.05, 4.69) is 0 Å². The number of amides is 3. The summed E-state index contributed by atoms with van der Waals surface area (Å²) in [6, 6.07) is 0. The third-order valence-corrected chi connectivity index (χ3v) is 7.87. The van der Waals surface area contributed by atoms with Crippen LogP contribution in [0.3, 0.4) is 0 Å². The molecule has 3 amide bonds. The third kappa shape index (κ3) is 4.34. The number of ether oxygens (including phenoxy) is 2. The lowest BCUT2D eigenvalue weighted by Gasteiger charge is -2.49. The van der Waals surface area contributed by atoms with Gasteiger partial charge in [-0.3, -0.25) is 29.5 Å². The number of imide groups is 1. The lowest BCUT2D eigenvalue weighted by atomic mass is 9.86. The summed E-state index contributed by atoms with van der Waals surface area (Å²) in [6.45, 7) is -1.34. The molecular formula is C25H26FN3O16. The van der Waals surface area contributed by atoms with E-state index in [0.29, 0.717) is 26.3 Å². The Labute approximate surface area is 249 Å². The number of benzene rings is 2. The molecule has 3 aliphatic rings. The van der Waals surface area contributed by atoms with Crippen molar-refractivity contribution in [1.82, 2.24) is 15.1 Å². The van der Waals surface area contributed by atoms with Crippen LogP contribution in [0.15, 0.2) is 0 Å². The van der Waals surface area contributed by atoms with Gasteiger partial charge < -0.3 is 65.6 Å². The number of carbonyl (C=O) groups is 3. The van der Waals surface area contributed by atoms with E-state index in [1.54, 1.807) is 4.90 Å². The quantitative estimate of drug-likeness (QED) is 0.0814. The number of phenolic OH excluding ortho intramolecular Hbond substituents is 6. The molecule has 0 aromatic heterocycles. The molecule has 1 atom stereocenters. The Hall–Kier alpha value is -4.70. The minimum atomic E-state index is -4.52. The molecule has 5 rings (SSSR count). The van der Waals surface area contributed by atoms with Crippen LogP contribution in [0.1, 0.15) is 27.0 Å². The molecule has 2 saturated heterocycles. The van der Waals surface area contributed by atoms with Crippen LogP contribution in [0.4, 0.5) is 4.39 Å². The fraction of sp³-hybridized carbons (Fsp3) is 0.400. The van der Waals surface area contributed by atoms with E-state index < -0.39 is 116 Å². The van der Waals surface area contributed by atoms with Crippen molar-refractivity contribution in [1.29, 1.82) is 0 Å². The Morgan fingerprint density at radius 2 is 1.38 bits per heavy atom. The Morgan fingerprint density at radius 1 is 0.800 bits per heavy atom. The summed E-state index contributed by atoms with van der Waals surface area (Å²) in [6.07, 6.45) is 0. The maximum atomic E-state index is 15.6. The minimum Gasteiger partial charge on any atom is -0.504 e. The highest BCUT2D eigenvalue weighted by molar-refractivity contribution is 6.11. The molecule has 2 aromatic carbocycles. The average Bonchev–Trinajstić information content (AvgIpc) is 3.34. The van der Waals surface area contributed by atoms with Gasteiger partial charge in [0.15, 0.2) is 23.0 Å². The van der Waals surface area contributed by atoms with Crippen molar-refractivity contribution in [2.75, 3.05) is 26.3 Å². The van der Waals surface area contributed by atoms with Crippen LogP contribution >= 0.6 is 0 Å². The number of morpholine rings is 1. The number of rotatable bonds is 6. The van der Waals surface area contributed by atoms with Crippen molar-refractivity contribution in [3.63, 3.8) is 0 Å². The smallest absolute Gasteiger partial charge is 0.306 e. The first-order valence-corrected chi connectivity index (χ1v) is 12.9. The van der Waals surface area contributed by atoms with Gasteiger partial charge in [-0.1, -0.05) is 0 Å². The van der Waals surface area contributed by atoms with Crippen molar-refractivity contribution in [2.45, 2.75) is 37.0 Å². The van der Waals surface area contributed by atoms with E-state index in [1.165, 1.54) is 5.32 Å². The molecule has 45 heavy (non-hydrogen) atoms. The number of nitrogens with zero attached hydrogens (tertiary/aromatic N) is 2. The van der Waals surface area contributed by atoms with Gasteiger partial charge in [0.25, 0.3) is 29.2 Å². The zero-order valence-electron chi connectivity index (χ0n) is 22.7. The summed E-state index contributed by atoms with van der Waals surface area (Å²) in [5.74, 6) is -24.4. The Balaban J connectivity index is 1.55. The second-order valence-electron chi connectivity index (χ2n) is 10.4. The van der Waals surface area contributed by atoms with Crippen molar-refractivity contribution in [3.05, 3.63) is 28.1 Å². The molecule has 0 aliphatic carbocycles. The monoisotopic (exact) mass is 643 g/mol. The minimum absolute atomic E-state index is 0.170. The predicted molar refractivity (Wildman–Crippen MR) is 136 cm³/mol. The summed E-state index contributed by atoms with van der Waals surface area (Å²) in [4.78, 5) is 39.2. The molecule has 1 unspecified atom stereocenters. The fourth-order valence-electron chi connectivity index (χ4n) is 5.24. The largest absolute Gasteiger partial charge is 0.504 e. The van der Waals surface area contributed by atoms with Gasteiger partial charge >= 0.3 is 5.79 Å². The average molecular weight is 643 g/mol. The van der Waals surface area contributed by atoms with Crippen LogP contribution in [-0.4, -0.2) is 127 Å². The van der Waals surface area contributed by atoms with Crippen LogP contribution in [-0.2, 0) is 34.0 Å². The number of nitrogens with one attached hydrogen (secondary N) is 1. The highest BCUT2D eigenvalue weighted by atomic mass is 19.1. The molecular weight excluding hydrogens is 617 g/mol. The summed E-state index contributed by atoms with van der Waals surface area (Å²) < 4.78 is 26.2. The number of halogens is 1. The van der Waals surface area contributed by atoms with Gasteiger partial charge in [-0.15, -0.1) is 0 Å². The lowest BCUT2D eigenvalue weighted by Crippen LogP contribution is -2.85. The molecule has 2 aromatic rings. The van der Waals surface area contributed by atoms with E-state index in [-0.39, 0.29) is 11.4 Å². The molecule has 244 valence electrons. The molecule has 0 radical (unpaired) electrons. The maximum Gasteiger partial charge on any atom is 0.306 e. The van der Waals surface area contributed by atoms with E-state index in [0.717, 1.165) is 0 Å². The maximum absolute atomic E-state index is 15.6. The first kappa shape index (κ1) is 31.7. The third-order valence-electron chi connectivity index (χ3n) is 7.87. The van der Waals surface area contributed by atoms with Gasteiger partial charge in [-0.2, -0.15) is 0 Å². The van der Waals surface area contributed by atoms with Crippen LogP contribution in [0, 0.1) is 5.82 Å². The number of fused-ring (bicyclic) bond motifs is 1. The normalized spacial score (nSPS) is 22.8. The topological polar surface area (TPSA) is 311 Å². The van der Waals surface area contributed by atoms with Gasteiger partial charge in [0.05, 0.1) is 30.9 Å². The van der Waals surface area contributed by atoms with Crippen molar-refractivity contribution >= 4 is 17.7 Å². The van der Waals surface area contributed by atoms with E-state index >= 15 is 4.39 Å². The molecule has 12 N–H and O–H groups in total. The number of hydrogen-bond donors (Lipinski definition) is 12. The highest BCUT2D eigenvalue weighted by Crippen LogP contribution is 2.53. The summed E-state index contributed by atoms with van der Waals surface area (Å²) in [5, 5.41) is 115. The number of phenols is 6. The van der Waals surface area contributed by atoms with Crippen LogP contribution < -0.4 is 10.1 Å². The zero-order valence-corrected chi connectivity index (χ0v) is 22.7. The number of carbonyl (C=O) groups excluding carboxylic acids is 3. The predicted octanol–water partition coefficient (Wildman–Crippen LogP) is -3.87. The molecule has 20 heteroatoms. The molecule has 0 spiro atoms. The molecule has 2 fully saturated rings. The zero-order chi connectivity index (χ0) is 33.4. The van der Waals surface area contributed by atoms with Crippen molar-refractivity contribution in [3.8, 4) is 40.2 Å². The van der Waals surface area contributed by atoms with Gasteiger partial charge in [-0.05, 0) is 0 Å². The first-order chi connectivity index (χ1) is 20.9. The van der Waals surface area contributed by atoms with E-state index in [1.807, 2.05) is 0 Å².